The SMILES string of the molecule is CCCNC(=O)CN1CCN(C(=O)c2ccc(OCc3cccnc3)c(OCC)c2)CC1. The summed E-state index contributed by atoms with van der Waals surface area (Å²) in [5, 5.41) is 2.89. The maximum Gasteiger partial charge on any atom is 0.254 e. The van der Waals surface area contributed by atoms with Crippen LogP contribution in [0.4, 0.5) is 0 Å². The normalized spacial score (nSPS) is 14.1. The largest absolute Gasteiger partial charge is 0.490 e. The number of carbonyl (C=O) groups is 2. The van der Waals surface area contributed by atoms with E-state index < -0.39 is 0 Å². The Labute approximate surface area is 189 Å². The van der Waals surface area contributed by atoms with E-state index in [0.717, 1.165) is 12.0 Å². The molecule has 8 nitrogen and oxygen atoms in total. The third-order valence-electron chi connectivity index (χ3n) is 5.21. The van der Waals surface area contributed by atoms with E-state index in [1.54, 1.807) is 30.6 Å². The minimum Gasteiger partial charge on any atom is -0.490 e. The van der Waals surface area contributed by atoms with E-state index in [1.165, 1.54) is 0 Å². The number of benzene rings is 1. The van der Waals surface area contributed by atoms with Crippen LogP contribution in [0, 0.1) is 0 Å². The first-order valence-electron chi connectivity index (χ1n) is 11.2. The quantitative estimate of drug-likeness (QED) is 0.611. The summed E-state index contributed by atoms with van der Waals surface area (Å²) in [7, 11) is 0. The van der Waals surface area contributed by atoms with Crippen molar-refractivity contribution in [2.24, 2.45) is 0 Å². The highest BCUT2D eigenvalue weighted by molar-refractivity contribution is 5.95. The molecule has 8 heteroatoms. The first kappa shape index (κ1) is 23.5. The molecule has 1 aliphatic heterocycles. The first-order valence-corrected chi connectivity index (χ1v) is 11.2. The lowest BCUT2D eigenvalue weighted by Gasteiger charge is -2.34. The van der Waals surface area contributed by atoms with Gasteiger partial charge in [0, 0.05) is 56.2 Å². The van der Waals surface area contributed by atoms with Gasteiger partial charge < -0.3 is 19.7 Å². The summed E-state index contributed by atoms with van der Waals surface area (Å²) in [6, 6.07) is 9.10. The van der Waals surface area contributed by atoms with Crippen molar-refractivity contribution < 1.29 is 19.1 Å². The van der Waals surface area contributed by atoms with Crippen LogP contribution in [0.1, 0.15) is 36.2 Å². The zero-order valence-corrected chi connectivity index (χ0v) is 18.9. The number of piperazine rings is 1. The number of rotatable bonds is 10. The van der Waals surface area contributed by atoms with E-state index in [1.807, 2.05) is 30.9 Å². The zero-order valence-electron chi connectivity index (χ0n) is 18.9. The third kappa shape index (κ3) is 6.68. The number of carbonyl (C=O) groups excluding carboxylic acids is 2. The molecule has 0 saturated carbocycles. The Morgan fingerprint density at radius 3 is 2.56 bits per heavy atom. The van der Waals surface area contributed by atoms with E-state index in [-0.39, 0.29) is 11.8 Å². The molecule has 1 fully saturated rings. The van der Waals surface area contributed by atoms with Crippen molar-refractivity contribution in [1.82, 2.24) is 20.1 Å². The summed E-state index contributed by atoms with van der Waals surface area (Å²) in [6.07, 6.45) is 4.40. The highest BCUT2D eigenvalue weighted by Gasteiger charge is 2.24. The van der Waals surface area contributed by atoms with Crippen molar-refractivity contribution >= 4 is 11.8 Å². The van der Waals surface area contributed by atoms with E-state index in [0.29, 0.717) is 69.5 Å². The Bertz CT molecular complexity index is 883. The molecule has 1 N–H and O–H groups in total. The van der Waals surface area contributed by atoms with Gasteiger partial charge in [0.25, 0.3) is 5.91 Å². The topological polar surface area (TPSA) is 84.0 Å². The van der Waals surface area contributed by atoms with Gasteiger partial charge in [-0.3, -0.25) is 19.5 Å². The molecular formula is C24H32N4O4. The number of hydrogen-bond acceptors (Lipinski definition) is 6. The first-order chi connectivity index (χ1) is 15.6. The number of aromatic nitrogens is 1. The van der Waals surface area contributed by atoms with E-state index in [4.69, 9.17) is 9.47 Å². The predicted molar refractivity (Wildman–Crippen MR) is 122 cm³/mol. The molecule has 2 aromatic rings. The molecule has 32 heavy (non-hydrogen) atoms. The van der Waals surface area contributed by atoms with Crippen LogP contribution in [0.15, 0.2) is 42.7 Å². The van der Waals surface area contributed by atoms with Crippen molar-refractivity contribution in [3.05, 3.63) is 53.9 Å². The van der Waals surface area contributed by atoms with Crippen LogP contribution >= 0.6 is 0 Å². The fourth-order valence-electron chi connectivity index (χ4n) is 3.49. The molecule has 0 radical (unpaired) electrons. The summed E-state index contributed by atoms with van der Waals surface area (Å²) in [5.41, 5.74) is 1.52. The molecule has 172 valence electrons. The monoisotopic (exact) mass is 440 g/mol. The predicted octanol–water partition coefficient (Wildman–Crippen LogP) is 2.34. The average Bonchev–Trinajstić information content (AvgIpc) is 2.83. The van der Waals surface area contributed by atoms with Gasteiger partial charge in [0.2, 0.25) is 5.91 Å². The van der Waals surface area contributed by atoms with Gasteiger partial charge in [0.15, 0.2) is 11.5 Å². The fraction of sp³-hybridized carbons (Fsp3) is 0.458. The molecule has 1 aromatic heterocycles. The van der Waals surface area contributed by atoms with Crippen molar-refractivity contribution in [2.45, 2.75) is 26.9 Å². The molecule has 0 unspecified atom stereocenters. The molecule has 1 aliphatic rings. The standard InChI is InChI=1S/C24H32N4O4/c1-3-9-26-23(29)17-27-11-13-28(14-12-27)24(30)20-7-8-21(22(15-20)31-4-2)32-18-19-6-5-10-25-16-19/h5-8,10,15-16H,3-4,9,11-14,17-18H2,1-2H3,(H,26,29). The molecule has 0 aliphatic carbocycles. The Morgan fingerprint density at radius 2 is 1.88 bits per heavy atom. The maximum absolute atomic E-state index is 13.0. The van der Waals surface area contributed by atoms with Gasteiger partial charge in [0.05, 0.1) is 13.2 Å². The lowest BCUT2D eigenvalue weighted by atomic mass is 10.1. The smallest absolute Gasteiger partial charge is 0.254 e. The van der Waals surface area contributed by atoms with Crippen molar-refractivity contribution in [3.8, 4) is 11.5 Å². The summed E-state index contributed by atoms with van der Waals surface area (Å²) in [4.78, 5) is 33.0. The number of pyridine rings is 1. The van der Waals surface area contributed by atoms with Gasteiger partial charge in [-0.25, -0.2) is 0 Å². The molecule has 1 aromatic carbocycles. The second kappa shape index (κ2) is 12.0. The average molecular weight is 441 g/mol. The lowest BCUT2D eigenvalue weighted by Crippen LogP contribution is -2.51. The summed E-state index contributed by atoms with van der Waals surface area (Å²) < 4.78 is 11.6. The van der Waals surface area contributed by atoms with Gasteiger partial charge in [-0.2, -0.15) is 0 Å². The van der Waals surface area contributed by atoms with Crippen LogP contribution in [0.2, 0.25) is 0 Å². The molecule has 0 bridgehead atoms. The van der Waals surface area contributed by atoms with Crippen LogP contribution < -0.4 is 14.8 Å². The van der Waals surface area contributed by atoms with E-state index in [9.17, 15) is 9.59 Å². The van der Waals surface area contributed by atoms with Gasteiger partial charge >= 0.3 is 0 Å². The Kier molecular flexibility index (Phi) is 8.86. The zero-order chi connectivity index (χ0) is 22.8. The minimum absolute atomic E-state index is 0.0369. The lowest BCUT2D eigenvalue weighted by molar-refractivity contribution is -0.122. The number of amides is 2. The molecular weight excluding hydrogens is 408 g/mol. The minimum atomic E-state index is -0.0418. The molecule has 0 spiro atoms. The van der Waals surface area contributed by atoms with Gasteiger partial charge in [-0.05, 0) is 37.6 Å². The number of hydrogen-bond donors (Lipinski definition) is 1. The summed E-state index contributed by atoms with van der Waals surface area (Å²) in [6.45, 7) is 8.37. The third-order valence-corrected chi connectivity index (χ3v) is 5.21. The Balaban J connectivity index is 1.58. The second-order valence-corrected chi connectivity index (χ2v) is 7.66. The van der Waals surface area contributed by atoms with Crippen molar-refractivity contribution in [3.63, 3.8) is 0 Å². The van der Waals surface area contributed by atoms with E-state index >= 15 is 0 Å². The van der Waals surface area contributed by atoms with Crippen molar-refractivity contribution in [2.75, 3.05) is 45.9 Å². The Morgan fingerprint density at radius 1 is 1.06 bits per heavy atom. The number of ether oxygens (including phenoxy) is 2. The summed E-state index contributed by atoms with van der Waals surface area (Å²) in [5.74, 6) is 1.14. The molecule has 1 saturated heterocycles. The van der Waals surface area contributed by atoms with Gasteiger partial charge in [-0.1, -0.05) is 13.0 Å². The van der Waals surface area contributed by atoms with Gasteiger partial charge in [0.1, 0.15) is 6.61 Å². The van der Waals surface area contributed by atoms with Crippen LogP contribution in [0.5, 0.6) is 11.5 Å². The van der Waals surface area contributed by atoms with Crippen molar-refractivity contribution in [1.29, 1.82) is 0 Å². The van der Waals surface area contributed by atoms with Gasteiger partial charge in [-0.15, -0.1) is 0 Å². The highest BCUT2D eigenvalue weighted by atomic mass is 16.5. The molecule has 0 atom stereocenters. The number of nitrogens with zero attached hydrogens (tertiary/aromatic N) is 3. The number of nitrogens with one attached hydrogen (secondary N) is 1. The highest BCUT2D eigenvalue weighted by Crippen LogP contribution is 2.30. The molecule has 3 rings (SSSR count). The van der Waals surface area contributed by atoms with Crippen LogP contribution in [-0.4, -0.2) is 72.5 Å². The fourth-order valence-corrected chi connectivity index (χ4v) is 3.49. The molecule has 2 heterocycles. The Hall–Kier alpha value is -3.13. The maximum atomic E-state index is 13.0. The van der Waals surface area contributed by atoms with E-state index in [2.05, 4.69) is 15.2 Å². The van der Waals surface area contributed by atoms with Crippen LogP contribution in [-0.2, 0) is 11.4 Å². The van der Waals surface area contributed by atoms with Crippen LogP contribution in [0.3, 0.4) is 0 Å². The molecule has 2 amide bonds. The van der Waals surface area contributed by atoms with Crippen LogP contribution in [0.25, 0.3) is 0 Å². The summed E-state index contributed by atoms with van der Waals surface area (Å²) >= 11 is 0. The second-order valence-electron chi connectivity index (χ2n) is 7.66.